The highest BCUT2D eigenvalue weighted by atomic mass is 32.2. The van der Waals surface area contributed by atoms with Crippen LogP contribution in [0.3, 0.4) is 0 Å². The summed E-state index contributed by atoms with van der Waals surface area (Å²) in [6, 6.07) is 0. The Morgan fingerprint density at radius 2 is 1.75 bits per heavy atom. The van der Waals surface area contributed by atoms with Crippen LogP contribution in [-0.2, 0) is 0 Å². The van der Waals surface area contributed by atoms with Crippen molar-refractivity contribution >= 4 is 11.8 Å². The molecule has 1 heteroatoms. The molecule has 0 radical (unpaired) electrons. The summed E-state index contributed by atoms with van der Waals surface area (Å²) in [6.07, 6.45) is 0. The van der Waals surface area contributed by atoms with E-state index in [9.17, 15) is 0 Å². The van der Waals surface area contributed by atoms with Gasteiger partial charge in [0.15, 0.2) is 0 Å². The Hall–Kier alpha value is 0.0900. The predicted molar refractivity (Wildman–Crippen MR) is 58.3 cm³/mol. The average Bonchev–Trinajstić information content (AvgIpc) is 2.30. The molecular weight excluding hydrogens is 164 g/mol. The first kappa shape index (κ1) is 10.2. The van der Waals surface area contributed by atoms with Crippen molar-refractivity contribution in [2.75, 3.05) is 5.75 Å². The highest BCUT2D eigenvalue weighted by Gasteiger charge is 2.25. The fourth-order valence-electron chi connectivity index (χ4n) is 1.98. The third kappa shape index (κ3) is 1.87. The summed E-state index contributed by atoms with van der Waals surface area (Å²) in [5.41, 5.74) is 1.72. The van der Waals surface area contributed by atoms with Gasteiger partial charge in [0.05, 0.1) is 0 Å². The van der Waals surface area contributed by atoms with Gasteiger partial charge < -0.3 is 0 Å². The summed E-state index contributed by atoms with van der Waals surface area (Å²) in [6.45, 7) is 11.6. The van der Waals surface area contributed by atoms with Crippen molar-refractivity contribution in [3.63, 3.8) is 0 Å². The zero-order valence-corrected chi connectivity index (χ0v) is 9.66. The minimum atomic E-state index is 0.734. The van der Waals surface area contributed by atoms with Gasteiger partial charge in [-0.3, -0.25) is 0 Å². The molecule has 1 rings (SSSR count). The van der Waals surface area contributed by atoms with Crippen LogP contribution in [0, 0.1) is 17.8 Å². The maximum absolute atomic E-state index is 2.36. The molecule has 0 nitrogen and oxygen atoms in total. The lowest BCUT2D eigenvalue weighted by atomic mass is 9.90. The Balaban J connectivity index is 2.90. The Morgan fingerprint density at radius 3 is 2.08 bits per heavy atom. The second-order valence-corrected chi connectivity index (χ2v) is 5.40. The van der Waals surface area contributed by atoms with Crippen LogP contribution >= 0.6 is 11.8 Å². The van der Waals surface area contributed by atoms with E-state index in [2.05, 4.69) is 46.4 Å². The van der Waals surface area contributed by atoms with E-state index in [0.717, 1.165) is 17.8 Å². The molecule has 1 heterocycles. The van der Waals surface area contributed by atoms with E-state index in [1.165, 1.54) is 5.75 Å². The van der Waals surface area contributed by atoms with Gasteiger partial charge in [-0.25, -0.2) is 0 Å². The molecule has 12 heavy (non-hydrogen) atoms. The van der Waals surface area contributed by atoms with E-state index in [1.54, 1.807) is 10.5 Å². The first-order valence-electron chi connectivity index (χ1n) is 4.90. The quantitative estimate of drug-likeness (QED) is 0.626. The zero-order valence-electron chi connectivity index (χ0n) is 8.85. The first-order valence-corrected chi connectivity index (χ1v) is 5.89. The number of hydrogen-bond acceptors (Lipinski definition) is 1. The number of rotatable bonds is 2. The standard InChI is InChI=1S/C11H20S/c1-7(2)10-9(5)6-12-11(10)8(3)4/h7-9H,6H2,1-5H3. The molecule has 1 aliphatic heterocycles. The molecule has 0 aromatic heterocycles. The molecule has 0 bridgehead atoms. The third-order valence-corrected chi connectivity index (χ3v) is 4.14. The fourth-order valence-corrected chi connectivity index (χ4v) is 3.53. The van der Waals surface area contributed by atoms with Crippen LogP contribution in [0.15, 0.2) is 10.5 Å². The summed E-state index contributed by atoms with van der Waals surface area (Å²) in [4.78, 5) is 1.66. The largest absolute Gasteiger partial charge is 0.130 e. The Bertz CT molecular complexity index is 189. The molecule has 1 aliphatic rings. The Morgan fingerprint density at radius 1 is 1.17 bits per heavy atom. The lowest BCUT2D eigenvalue weighted by molar-refractivity contribution is 0.622. The normalized spacial score (nSPS) is 24.8. The molecule has 70 valence electrons. The summed E-state index contributed by atoms with van der Waals surface area (Å²) < 4.78 is 0. The van der Waals surface area contributed by atoms with Gasteiger partial charge in [0.1, 0.15) is 0 Å². The first-order chi connectivity index (χ1) is 5.54. The van der Waals surface area contributed by atoms with Crippen molar-refractivity contribution in [1.82, 2.24) is 0 Å². The SMILES string of the molecule is CC(C)C1=C(C(C)C)C(C)CS1. The molecule has 0 saturated heterocycles. The van der Waals surface area contributed by atoms with E-state index >= 15 is 0 Å². The number of hydrogen-bond donors (Lipinski definition) is 0. The average molecular weight is 184 g/mol. The van der Waals surface area contributed by atoms with Crippen molar-refractivity contribution in [1.29, 1.82) is 0 Å². The van der Waals surface area contributed by atoms with Gasteiger partial charge >= 0.3 is 0 Å². The van der Waals surface area contributed by atoms with Crippen molar-refractivity contribution in [2.45, 2.75) is 34.6 Å². The molecular formula is C11H20S. The molecule has 0 spiro atoms. The van der Waals surface area contributed by atoms with E-state index in [1.807, 2.05) is 0 Å². The summed E-state index contributed by atoms with van der Waals surface area (Å²) in [7, 11) is 0. The van der Waals surface area contributed by atoms with Crippen LogP contribution in [0.1, 0.15) is 34.6 Å². The topological polar surface area (TPSA) is 0 Å². The maximum atomic E-state index is 2.36. The molecule has 0 amide bonds. The van der Waals surface area contributed by atoms with Crippen molar-refractivity contribution < 1.29 is 0 Å². The second-order valence-electron chi connectivity index (χ2n) is 4.34. The van der Waals surface area contributed by atoms with Crippen molar-refractivity contribution in [2.24, 2.45) is 17.8 Å². The minimum absolute atomic E-state index is 0.734. The molecule has 0 aromatic rings. The zero-order chi connectivity index (χ0) is 9.30. The lowest BCUT2D eigenvalue weighted by Gasteiger charge is -2.16. The van der Waals surface area contributed by atoms with Crippen LogP contribution in [-0.4, -0.2) is 5.75 Å². The van der Waals surface area contributed by atoms with E-state index < -0.39 is 0 Å². The van der Waals surface area contributed by atoms with Gasteiger partial charge in [-0.1, -0.05) is 40.2 Å². The van der Waals surface area contributed by atoms with Crippen LogP contribution in [0.4, 0.5) is 0 Å². The highest BCUT2D eigenvalue weighted by Crippen LogP contribution is 2.42. The highest BCUT2D eigenvalue weighted by molar-refractivity contribution is 8.03. The van der Waals surface area contributed by atoms with Gasteiger partial charge in [-0.2, -0.15) is 0 Å². The monoisotopic (exact) mass is 184 g/mol. The summed E-state index contributed by atoms with van der Waals surface area (Å²) >= 11 is 2.07. The Kier molecular flexibility index (Phi) is 3.28. The molecule has 0 saturated carbocycles. The van der Waals surface area contributed by atoms with Gasteiger partial charge in [-0.05, 0) is 22.7 Å². The number of allylic oxidation sites excluding steroid dienone is 2. The van der Waals surface area contributed by atoms with Crippen molar-refractivity contribution in [3.8, 4) is 0 Å². The maximum Gasteiger partial charge on any atom is 0.00404 e. The summed E-state index contributed by atoms with van der Waals surface area (Å²) in [5, 5.41) is 0. The smallest absolute Gasteiger partial charge is 0.00404 e. The second kappa shape index (κ2) is 3.87. The van der Waals surface area contributed by atoms with Crippen molar-refractivity contribution in [3.05, 3.63) is 10.5 Å². The molecule has 0 N–H and O–H groups in total. The van der Waals surface area contributed by atoms with Gasteiger partial charge in [0.25, 0.3) is 0 Å². The Labute approximate surface area is 80.8 Å². The van der Waals surface area contributed by atoms with Crippen LogP contribution in [0.5, 0.6) is 0 Å². The molecule has 0 aromatic carbocycles. The fraction of sp³-hybridized carbons (Fsp3) is 0.818. The number of thioether (sulfide) groups is 1. The van der Waals surface area contributed by atoms with E-state index in [-0.39, 0.29) is 0 Å². The van der Waals surface area contributed by atoms with Crippen LogP contribution in [0.25, 0.3) is 0 Å². The molecule has 1 unspecified atom stereocenters. The van der Waals surface area contributed by atoms with Gasteiger partial charge in [0, 0.05) is 5.75 Å². The third-order valence-electron chi connectivity index (χ3n) is 2.45. The molecule has 0 aliphatic carbocycles. The van der Waals surface area contributed by atoms with Gasteiger partial charge in [0.2, 0.25) is 0 Å². The molecule has 1 atom stereocenters. The summed E-state index contributed by atoms with van der Waals surface area (Å²) in [5.74, 6) is 3.60. The lowest BCUT2D eigenvalue weighted by Crippen LogP contribution is -2.05. The van der Waals surface area contributed by atoms with E-state index in [0.29, 0.717) is 0 Å². The van der Waals surface area contributed by atoms with E-state index in [4.69, 9.17) is 0 Å². The predicted octanol–water partition coefficient (Wildman–Crippen LogP) is 3.94. The van der Waals surface area contributed by atoms with Crippen LogP contribution < -0.4 is 0 Å². The van der Waals surface area contributed by atoms with Gasteiger partial charge in [-0.15, -0.1) is 11.8 Å². The molecule has 0 fully saturated rings. The minimum Gasteiger partial charge on any atom is -0.130 e. The van der Waals surface area contributed by atoms with Crippen LogP contribution in [0.2, 0.25) is 0 Å².